The maximum atomic E-state index is 12.7. The Bertz CT molecular complexity index is 1290. The Kier molecular flexibility index (Phi) is 14.7. The van der Waals surface area contributed by atoms with E-state index in [1.165, 1.54) is 56.4 Å². The second kappa shape index (κ2) is 18.7. The van der Waals surface area contributed by atoms with E-state index in [-0.39, 0.29) is 16.3 Å². The molecule has 0 bridgehead atoms. The molecule has 230 valence electrons. The van der Waals surface area contributed by atoms with E-state index in [0.717, 1.165) is 31.4 Å². The Labute approximate surface area is 261 Å². The van der Waals surface area contributed by atoms with Crippen LogP contribution in [-0.4, -0.2) is 25.2 Å². The molecule has 0 aliphatic carbocycles. The van der Waals surface area contributed by atoms with Crippen molar-refractivity contribution < 1.29 is 28.5 Å². The predicted octanol–water partition coefficient (Wildman–Crippen LogP) is 9.89. The molecule has 0 heterocycles. The fraction of sp³-hybridized carbons (Fsp3) is 0.389. The van der Waals surface area contributed by atoms with Crippen LogP contribution in [0.4, 0.5) is 0 Å². The van der Waals surface area contributed by atoms with Crippen molar-refractivity contribution in [2.75, 3.05) is 13.2 Å². The van der Waals surface area contributed by atoms with E-state index in [4.69, 9.17) is 30.5 Å². The zero-order chi connectivity index (χ0) is 30.9. The molecule has 0 amide bonds. The van der Waals surface area contributed by atoms with Gasteiger partial charge in [0.05, 0.1) is 29.4 Å². The number of carbonyl (C=O) groups excluding carboxylic acids is 2. The SMILES string of the molecule is C=CCCCCCCCCCOc1ccc(C(=O)Oc2ccc(C(=O)Oc3ccc(OCC(C)CC)cc3)cc2)c(Cl)c1. The number of halogens is 1. The minimum atomic E-state index is -0.601. The first-order valence-corrected chi connectivity index (χ1v) is 15.6. The van der Waals surface area contributed by atoms with Crippen LogP contribution in [0.15, 0.2) is 79.4 Å². The summed E-state index contributed by atoms with van der Waals surface area (Å²) in [6.07, 6.45) is 12.4. The summed E-state index contributed by atoms with van der Waals surface area (Å²) in [5.74, 6) is 1.36. The van der Waals surface area contributed by atoms with Gasteiger partial charge in [-0.05, 0) is 91.9 Å². The number of carbonyl (C=O) groups is 2. The summed E-state index contributed by atoms with van der Waals surface area (Å²) in [7, 11) is 0. The van der Waals surface area contributed by atoms with Gasteiger partial charge in [-0.1, -0.05) is 70.0 Å². The molecule has 3 aromatic carbocycles. The predicted molar refractivity (Wildman–Crippen MR) is 172 cm³/mol. The van der Waals surface area contributed by atoms with Crippen molar-refractivity contribution in [3.63, 3.8) is 0 Å². The summed E-state index contributed by atoms with van der Waals surface area (Å²) in [4.78, 5) is 25.3. The number of allylic oxidation sites excluding steroid dienone is 1. The molecule has 0 spiro atoms. The molecular formula is C36H43ClO6. The van der Waals surface area contributed by atoms with Gasteiger partial charge in [-0.2, -0.15) is 0 Å². The minimum Gasteiger partial charge on any atom is -0.494 e. The van der Waals surface area contributed by atoms with E-state index in [9.17, 15) is 9.59 Å². The van der Waals surface area contributed by atoms with Gasteiger partial charge in [0, 0.05) is 0 Å². The highest BCUT2D eigenvalue weighted by atomic mass is 35.5. The molecule has 0 aliphatic heterocycles. The third-order valence-electron chi connectivity index (χ3n) is 7.05. The van der Waals surface area contributed by atoms with Gasteiger partial charge in [0.2, 0.25) is 0 Å². The number of benzene rings is 3. The van der Waals surface area contributed by atoms with E-state index >= 15 is 0 Å². The Morgan fingerprint density at radius 3 is 1.93 bits per heavy atom. The fourth-order valence-electron chi connectivity index (χ4n) is 4.16. The highest BCUT2D eigenvalue weighted by Crippen LogP contribution is 2.25. The minimum absolute atomic E-state index is 0.227. The molecule has 0 N–H and O–H groups in total. The van der Waals surface area contributed by atoms with Crippen LogP contribution in [0.1, 0.15) is 92.4 Å². The highest BCUT2D eigenvalue weighted by molar-refractivity contribution is 6.33. The maximum Gasteiger partial charge on any atom is 0.345 e. The van der Waals surface area contributed by atoms with Crippen LogP contribution in [0, 0.1) is 5.92 Å². The standard InChI is InChI=1S/C36H43ClO6/c1-4-6-7-8-9-10-11-12-13-24-40-32-22-23-33(34(37)25-32)36(39)43-30-16-14-28(15-17-30)35(38)42-31-20-18-29(19-21-31)41-26-27(3)5-2/h4,14-23,25,27H,1,5-13,24,26H2,2-3H3. The molecule has 1 atom stereocenters. The summed E-state index contributed by atoms with van der Waals surface area (Å²) in [6, 6.07) is 18.0. The van der Waals surface area contributed by atoms with Crippen molar-refractivity contribution >= 4 is 23.5 Å². The molecule has 0 radical (unpaired) electrons. The van der Waals surface area contributed by atoms with Gasteiger partial charge < -0.3 is 18.9 Å². The third-order valence-corrected chi connectivity index (χ3v) is 7.36. The number of esters is 2. The van der Waals surface area contributed by atoms with Crippen LogP contribution in [0.5, 0.6) is 23.0 Å². The average molecular weight is 607 g/mol. The van der Waals surface area contributed by atoms with E-state index in [2.05, 4.69) is 20.4 Å². The second-order valence-electron chi connectivity index (χ2n) is 10.6. The molecule has 0 aromatic heterocycles. The quantitative estimate of drug-likeness (QED) is 0.0585. The summed E-state index contributed by atoms with van der Waals surface area (Å²) < 4.78 is 22.5. The van der Waals surface area contributed by atoms with Crippen molar-refractivity contribution in [3.8, 4) is 23.0 Å². The number of unbranched alkanes of at least 4 members (excludes halogenated alkanes) is 7. The van der Waals surface area contributed by atoms with Gasteiger partial charge in [-0.3, -0.25) is 0 Å². The summed E-state index contributed by atoms with van der Waals surface area (Å²) in [5, 5.41) is 0.249. The monoisotopic (exact) mass is 606 g/mol. The first-order chi connectivity index (χ1) is 20.9. The van der Waals surface area contributed by atoms with Crippen LogP contribution < -0.4 is 18.9 Å². The first-order valence-electron chi connectivity index (χ1n) is 15.2. The largest absolute Gasteiger partial charge is 0.494 e. The third kappa shape index (κ3) is 12.2. The Balaban J connectivity index is 1.41. The lowest BCUT2D eigenvalue weighted by Crippen LogP contribution is -2.11. The summed E-state index contributed by atoms with van der Waals surface area (Å²) in [6.45, 7) is 9.24. The number of ether oxygens (including phenoxy) is 4. The Morgan fingerprint density at radius 1 is 0.744 bits per heavy atom. The smallest absolute Gasteiger partial charge is 0.345 e. The van der Waals surface area contributed by atoms with Crippen LogP contribution in [0.2, 0.25) is 5.02 Å². The van der Waals surface area contributed by atoms with Crippen LogP contribution in [-0.2, 0) is 0 Å². The lowest BCUT2D eigenvalue weighted by Gasteiger charge is -2.11. The van der Waals surface area contributed by atoms with Crippen LogP contribution in [0.3, 0.4) is 0 Å². The van der Waals surface area contributed by atoms with E-state index in [1.54, 1.807) is 42.5 Å². The van der Waals surface area contributed by atoms with Crippen LogP contribution in [0.25, 0.3) is 0 Å². The van der Waals surface area contributed by atoms with E-state index in [1.807, 2.05) is 6.08 Å². The topological polar surface area (TPSA) is 71.1 Å². The number of rotatable bonds is 19. The zero-order valence-electron chi connectivity index (χ0n) is 25.3. The molecule has 43 heavy (non-hydrogen) atoms. The molecule has 0 saturated heterocycles. The Morgan fingerprint density at radius 2 is 1.30 bits per heavy atom. The molecule has 0 aliphatic rings. The van der Waals surface area contributed by atoms with Gasteiger partial charge in [-0.25, -0.2) is 9.59 Å². The van der Waals surface area contributed by atoms with Crippen molar-refractivity contribution in [2.24, 2.45) is 5.92 Å². The van der Waals surface area contributed by atoms with Gasteiger partial charge in [0.25, 0.3) is 0 Å². The van der Waals surface area contributed by atoms with Crippen molar-refractivity contribution in [2.45, 2.75) is 71.6 Å². The molecule has 3 aromatic rings. The molecule has 0 saturated carbocycles. The molecule has 0 fully saturated rings. The molecular weight excluding hydrogens is 564 g/mol. The summed E-state index contributed by atoms with van der Waals surface area (Å²) in [5.41, 5.74) is 0.547. The fourth-order valence-corrected chi connectivity index (χ4v) is 4.41. The van der Waals surface area contributed by atoms with Crippen molar-refractivity contribution in [1.82, 2.24) is 0 Å². The van der Waals surface area contributed by atoms with E-state index in [0.29, 0.717) is 36.2 Å². The van der Waals surface area contributed by atoms with Gasteiger partial charge >= 0.3 is 11.9 Å². The molecule has 7 heteroatoms. The van der Waals surface area contributed by atoms with Gasteiger partial charge in [-0.15, -0.1) is 6.58 Å². The molecule has 1 unspecified atom stereocenters. The molecule has 6 nitrogen and oxygen atoms in total. The number of hydrogen-bond donors (Lipinski definition) is 0. The lowest BCUT2D eigenvalue weighted by molar-refractivity contribution is 0.0730. The highest BCUT2D eigenvalue weighted by Gasteiger charge is 2.15. The van der Waals surface area contributed by atoms with Gasteiger partial charge in [0.15, 0.2) is 0 Å². The van der Waals surface area contributed by atoms with Gasteiger partial charge in [0.1, 0.15) is 23.0 Å². The lowest BCUT2D eigenvalue weighted by atomic mass is 10.1. The summed E-state index contributed by atoms with van der Waals surface area (Å²) >= 11 is 6.36. The first kappa shape index (κ1) is 33.7. The zero-order valence-corrected chi connectivity index (χ0v) is 26.1. The normalized spacial score (nSPS) is 11.4. The van der Waals surface area contributed by atoms with Crippen LogP contribution >= 0.6 is 11.6 Å². The second-order valence-corrected chi connectivity index (χ2v) is 11.0. The molecule has 3 rings (SSSR count). The maximum absolute atomic E-state index is 12.7. The van der Waals surface area contributed by atoms with E-state index < -0.39 is 11.9 Å². The van der Waals surface area contributed by atoms with Crippen molar-refractivity contribution in [3.05, 3.63) is 95.5 Å². The Hall–Kier alpha value is -3.77. The average Bonchev–Trinajstić information content (AvgIpc) is 3.01. The van der Waals surface area contributed by atoms with Crippen molar-refractivity contribution in [1.29, 1.82) is 0 Å². The number of hydrogen-bond acceptors (Lipinski definition) is 6.